The molecule has 0 spiro atoms. The molecule has 3 nitrogen and oxygen atoms in total. The first-order chi connectivity index (χ1) is 7.18. The first-order valence-electron chi connectivity index (χ1n) is 5.57. The maximum absolute atomic E-state index is 4.37. The number of aromatic nitrogens is 1. The van der Waals surface area contributed by atoms with Gasteiger partial charge in [0.2, 0.25) is 0 Å². The molecule has 1 fully saturated rings. The molecule has 0 radical (unpaired) electrons. The summed E-state index contributed by atoms with van der Waals surface area (Å²) in [5.74, 6) is 0. The lowest BCUT2D eigenvalue weighted by molar-refractivity contribution is 0.374. The Morgan fingerprint density at radius 2 is 2.53 bits per heavy atom. The summed E-state index contributed by atoms with van der Waals surface area (Å²) in [7, 11) is 0. The highest BCUT2D eigenvalue weighted by Crippen LogP contribution is 2.22. The first-order valence-corrected chi connectivity index (χ1v) is 6.45. The average Bonchev–Trinajstić information content (AvgIpc) is 2.88. The Morgan fingerprint density at radius 1 is 1.67 bits per heavy atom. The third-order valence-electron chi connectivity index (χ3n) is 2.92. The normalized spacial score (nSPS) is 22.1. The number of nitrogens with one attached hydrogen (secondary N) is 2. The van der Waals surface area contributed by atoms with Gasteiger partial charge in [0.25, 0.3) is 0 Å². The van der Waals surface area contributed by atoms with Crippen molar-refractivity contribution in [3.8, 4) is 0 Å². The van der Waals surface area contributed by atoms with Crippen molar-refractivity contribution < 1.29 is 0 Å². The fourth-order valence-corrected chi connectivity index (χ4v) is 2.66. The van der Waals surface area contributed by atoms with E-state index in [2.05, 4.69) is 29.5 Å². The van der Waals surface area contributed by atoms with Crippen molar-refractivity contribution in [2.24, 2.45) is 0 Å². The van der Waals surface area contributed by atoms with Crippen molar-refractivity contribution in [2.45, 2.75) is 38.3 Å². The molecule has 2 rings (SSSR count). The molecule has 0 bridgehead atoms. The molecule has 1 aliphatic heterocycles. The number of hydrogen-bond donors (Lipinski definition) is 2. The van der Waals surface area contributed by atoms with Crippen LogP contribution in [0, 0.1) is 0 Å². The fraction of sp³-hybridized carbons (Fsp3) is 0.727. The van der Waals surface area contributed by atoms with E-state index in [0.717, 1.165) is 6.54 Å². The lowest BCUT2D eigenvalue weighted by Crippen LogP contribution is -2.43. The van der Waals surface area contributed by atoms with Crippen LogP contribution in [0.1, 0.15) is 31.7 Å². The Morgan fingerprint density at radius 3 is 3.13 bits per heavy atom. The summed E-state index contributed by atoms with van der Waals surface area (Å²) in [5, 5.41) is 10.3. The lowest BCUT2D eigenvalue weighted by atomic mass is 10.1. The van der Waals surface area contributed by atoms with Crippen LogP contribution in [0.25, 0.3) is 0 Å². The van der Waals surface area contributed by atoms with Crippen LogP contribution in [0.4, 0.5) is 0 Å². The molecule has 1 aromatic rings. The molecule has 1 aliphatic rings. The van der Waals surface area contributed by atoms with Crippen molar-refractivity contribution in [3.63, 3.8) is 0 Å². The van der Waals surface area contributed by atoms with E-state index < -0.39 is 0 Å². The van der Waals surface area contributed by atoms with Crippen LogP contribution in [-0.4, -0.2) is 24.1 Å². The van der Waals surface area contributed by atoms with Crippen molar-refractivity contribution >= 4 is 11.3 Å². The predicted octanol–water partition coefficient (Wildman–Crippen LogP) is 1.72. The molecular weight excluding hydrogens is 206 g/mol. The molecule has 2 N–H and O–H groups in total. The van der Waals surface area contributed by atoms with Crippen molar-refractivity contribution in [1.82, 2.24) is 15.6 Å². The SMILES string of the molecule is CC(C)(NCC1CCCN1)c1nccs1. The monoisotopic (exact) mass is 225 g/mol. The van der Waals surface area contributed by atoms with Crippen LogP contribution in [0.15, 0.2) is 11.6 Å². The van der Waals surface area contributed by atoms with Gasteiger partial charge in [-0.3, -0.25) is 0 Å². The Labute approximate surface area is 95.3 Å². The standard InChI is InChI=1S/C11H19N3S/c1-11(2,10-13-6-7-15-10)14-8-9-4-3-5-12-9/h6-7,9,12,14H,3-5,8H2,1-2H3. The maximum Gasteiger partial charge on any atom is 0.112 e. The summed E-state index contributed by atoms with van der Waals surface area (Å²) in [6, 6.07) is 0.643. The summed E-state index contributed by atoms with van der Waals surface area (Å²) < 4.78 is 0. The first kappa shape index (κ1) is 11.0. The van der Waals surface area contributed by atoms with Crippen LogP contribution in [0.3, 0.4) is 0 Å². The van der Waals surface area contributed by atoms with E-state index in [0.29, 0.717) is 6.04 Å². The highest BCUT2D eigenvalue weighted by molar-refractivity contribution is 7.09. The summed E-state index contributed by atoms with van der Waals surface area (Å²) >= 11 is 1.72. The van der Waals surface area contributed by atoms with Gasteiger partial charge in [-0.25, -0.2) is 4.98 Å². The molecule has 1 atom stereocenters. The molecule has 0 saturated carbocycles. The van der Waals surface area contributed by atoms with Crippen molar-refractivity contribution in [1.29, 1.82) is 0 Å². The number of nitrogens with zero attached hydrogens (tertiary/aromatic N) is 1. The highest BCUT2D eigenvalue weighted by atomic mass is 32.1. The molecule has 1 unspecified atom stereocenters. The van der Waals surface area contributed by atoms with Gasteiger partial charge in [-0.1, -0.05) is 0 Å². The number of rotatable bonds is 4. The second-order valence-corrected chi connectivity index (χ2v) is 5.53. The van der Waals surface area contributed by atoms with E-state index in [9.17, 15) is 0 Å². The van der Waals surface area contributed by atoms with Gasteiger partial charge in [0.1, 0.15) is 5.01 Å². The Kier molecular flexibility index (Phi) is 3.38. The largest absolute Gasteiger partial charge is 0.313 e. The molecule has 1 saturated heterocycles. The van der Waals surface area contributed by atoms with Crippen molar-refractivity contribution in [3.05, 3.63) is 16.6 Å². The topological polar surface area (TPSA) is 37.0 Å². The minimum absolute atomic E-state index is 0.00155. The van der Waals surface area contributed by atoms with Gasteiger partial charge in [-0.15, -0.1) is 11.3 Å². The minimum Gasteiger partial charge on any atom is -0.313 e. The third kappa shape index (κ3) is 2.77. The van der Waals surface area contributed by atoms with Crippen LogP contribution < -0.4 is 10.6 Å². The number of hydrogen-bond acceptors (Lipinski definition) is 4. The average molecular weight is 225 g/mol. The molecule has 4 heteroatoms. The highest BCUT2D eigenvalue weighted by Gasteiger charge is 2.24. The second-order valence-electron chi connectivity index (χ2n) is 4.64. The van der Waals surface area contributed by atoms with Crippen LogP contribution in [-0.2, 0) is 5.54 Å². The molecule has 84 valence electrons. The fourth-order valence-electron chi connectivity index (χ4n) is 1.92. The van der Waals surface area contributed by atoms with Crippen LogP contribution in [0.5, 0.6) is 0 Å². The van der Waals surface area contributed by atoms with Gasteiger partial charge >= 0.3 is 0 Å². The van der Waals surface area contributed by atoms with Gasteiger partial charge in [0, 0.05) is 24.2 Å². The van der Waals surface area contributed by atoms with Gasteiger partial charge in [-0.2, -0.15) is 0 Å². The zero-order valence-corrected chi connectivity index (χ0v) is 10.2. The molecule has 0 aromatic carbocycles. The van der Waals surface area contributed by atoms with E-state index >= 15 is 0 Å². The van der Waals surface area contributed by atoms with Crippen LogP contribution in [0.2, 0.25) is 0 Å². The zero-order chi connectivity index (χ0) is 10.7. The van der Waals surface area contributed by atoms with Gasteiger partial charge in [-0.05, 0) is 33.2 Å². The molecule has 0 aliphatic carbocycles. The second kappa shape index (κ2) is 4.60. The number of thiazole rings is 1. The molecule has 15 heavy (non-hydrogen) atoms. The Hall–Kier alpha value is -0.450. The van der Waals surface area contributed by atoms with Crippen molar-refractivity contribution in [2.75, 3.05) is 13.1 Å². The van der Waals surface area contributed by atoms with Gasteiger partial charge < -0.3 is 10.6 Å². The summed E-state index contributed by atoms with van der Waals surface area (Å²) in [4.78, 5) is 4.37. The zero-order valence-electron chi connectivity index (χ0n) is 9.42. The molecule has 1 aromatic heterocycles. The molecule has 0 amide bonds. The minimum atomic E-state index is -0.00155. The van der Waals surface area contributed by atoms with E-state index in [-0.39, 0.29) is 5.54 Å². The smallest absolute Gasteiger partial charge is 0.112 e. The molecular formula is C11H19N3S. The molecule has 2 heterocycles. The van der Waals surface area contributed by atoms with Crippen LogP contribution >= 0.6 is 11.3 Å². The van der Waals surface area contributed by atoms with Gasteiger partial charge in [0.15, 0.2) is 0 Å². The Bertz CT molecular complexity index is 289. The Balaban J connectivity index is 1.87. The van der Waals surface area contributed by atoms with E-state index in [4.69, 9.17) is 0 Å². The summed E-state index contributed by atoms with van der Waals surface area (Å²) in [5.41, 5.74) is -0.00155. The van der Waals surface area contributed by atoms with E-state index in [1.54, 1.807) is 11.3 Å². The van der Waals surface area contributed by atoms with E-state index in [1.807, 2.05) is 11.6 Å². The van der Waals surface area contributed by atoms with E-state index in [1.165, 1.54) is 24.4 Å². The maximum atomic E-state index is 4.37. The third-order valence-corrected chi connectivity index (χ3v) is 4.02. The quantitative estimate of drug-likeness (QED) is 0.819. The summed E-state index contributed by atoms with van der Waals surface area (Å²) in [6.07, 6.45) is 4.47. The lowest BCUT2D eigenvalue weighted by Gasteiger charge is -2.25. The predicted molar refractivity (Wildman–Crippen MR) is 64.2 cm³/mol. The van der Waals surface area contributed by atoms with Gasteiger partial charge in [0.05, 0.1) is 5.54 Å². The summed E-state index contributed by atoms with van der Waals surface area (Å²) in [6.45, 7) is 6.60.